The zero-order valence-electron chi connectivity index (χ0n) is 14.1. The predicted molar refractivity (Wildman–Crippen MR) is 91.0 cm³/mol. The van der Waals surface area contributed by atoms with Crippen LogP contribution in [0.25, 0.3) is 0 Å². The van der Waals surface area contributed by atoms with Crippen molar-refractivity contribution in [3.05, 3.63) is 48.2 Å². The van der Waals surface area contributed by atoms with Crippen LogP contribution in [0.15, 0.2) is 41.3 Å². The molecule has 1 saturated heterocycles. The average molecular weight is 343 g/mol. The summed E-state index contributed by atoms with van der Waals surface area (Å²) >= 11 is 0. The van der Waals surface area contributed by atoms with Gasteiger partial charge >= 0.3 is 6.09 Å². The van der Waals surface area contributed by atoms with Crippen LogP contribution in [0, 0.1) is 0 Å². The van der Waals surface area contributed by atoms with Gasteiger partial charge in [-0.15, -0.1) is 0 Å². The molecule has 1 aliphatic rings. The van der Waals surface area contributed by atoms with Crippen LogP contribution < -0.4 is 5.32 Å². The van der Waals surface area contributed by atoms with Crippen molar-refractivity contribution in [2.45, 2.75) is 32.3 Å². The van der Waals surface area contributed by atoms with Crippen molar-refractivity contribution in [2.75, 3.05) is 18.4 Å². The topological polar surface area (TPSA) is 84.7 Å². The van der Waals surface area contributed by atoms with Crippen molar-refractivity contribution in [2.24, 2.45) is 0 Å². The smallest absolute Gasteiger partial charge is 0.412 e. The van der Waals surface area contributed by atoms with Crippen molar-refractivity contribution in [1.82, 2.24) is 9.88 Å². The Morgan fingerprint density at radius 1 is 1.36 bits per heavy atom. The van der Waals surface area contributed by atoms with E-state index in [-0.39, 0.29) is 12.5 Å². The fourth-order valence-electron chi connectivity index (χ4n) is 2.98. The quantitative estimate of drug-likeness (QED) is 0.922. The molecule has 0 saturated carbocycles. The van der Waals surface area contributed by atoms with Gasteiger partial charge in [0.2, 0.25) is 5.91 Å². The van der Waals surface area contributed by atoms with E-state index in [0.717, 1.165) is 25.9 Å². The molecule has 0 spiro atoms. The maximum Gasteiger partial charge on any atom is 0.412 e. The molecule has 1 aliphatic heterocycles. The second-order valence-corrected chi connectivity index (χ2v) is 6.10. The zero-order chi connectivity index (χ0) is 17.6. The molecule has 0 bridgehead atoms. The van der Waals surface area contributed by atoms with Crippen LogP contribution in [-0.2, 0) is 16.1 Å². The van der Waals surface area contributed by atoms with Crippen molar-refractivity contribution in [3.8, 4) is 0 Å². The highest BCUT2D eigenvalue weighted by Crippen LogP contribution is 2.27. The molecule has 1 N–H and O–H groups in total. The standard InChI is InChI=1S/C18H21N3O4/c1-13(22)21-8-2-3-15(10-21)14-4-6-16(7-5-14)20-18(23)24-11-17-9-19-12-25-17/h4-7,9,12,15H,2-3,8,10-11H2,1H3,(H,20,23)/t15-/m0/s1. The van der Waals surface area contributed by atoms with Gasteiger partial charge in [0.1, 0.15) is 0 Å². The van der Waals surface area contributed by atoms with Crippen molar-refractivity contribution in [1.29, 1.82) is 0 Å². The summed E-state index contributed by atoms with van der Waals surface area (Å²) < 4.78 is 10.0. The van der Waals surface area contributed by atoms with E-state index in [1.165, 1.54) is 18.2 Å². The molecule has 1 aromatic carbocycles. The lowest BCUT2D eigenvalue weighted by Gasteiger charge is -2.32. The SMILES string of the molecule is CC(=O)N1CCC[C@H](c2ccc(NC(=O)OCc3cnco3)cc2)C1. The molecule has 2 heterocycles. The number of likely N-dealkylation sites (tertiary alicyclic amines) is 1. The van der Waals surface area contributed by atoms with Gasteiger partial charge in [0.25, 0.3) is 0 Å². The molecule has 2 aromatic rings. The number of ether oxygens (including phenoxy) is 1. The Labute approximate surface area is 146 Å². The van der Waals surface area contributed by atoms with Crippen LogP contribution in [0.1, 0.15) is 37.0 Å². The Hall–Kier alpha value is -2.83. The Bertz CT molecular complexity index is 712. The molecule has 132 valence electrons. The van der Waals surface area contributed by atoms with Gasteiger partial charge in [-0.3, -0.25) is 10.1 Å². The first-order chi connectivity index (χ1) is 12.1. The first kappa shape index (κ1) is 17.0. The number of carbonyl (C=O) groups is 2. The normalized spacial score (nSPS) is 17.2. The van der Waals surface area contributed by atoms with Crippen LogP contribution >= 0.6 is 0 Å². The number of oxazole rings is 1. The molecule has 0 radical (unpaired) electrons. The van der Waals surface area contributed by atoms with E-state index < -0.39 is 6.09 Å². The van der Waals surface area contributed by atoms with Crippen molar-refractivity contribution >= 4 is 17.7 Å². The summed E-state index contributed by atoms with van der Waals surface area (Å²) in [5, 5.41) is 2.67. The minimum absolute atomic E-state index is 0.0346. The van der Waals surface area contributed by atoms with Crippen molar-refractivity contribution < 1.29 is 18.7 Å². The maximum absolute atomic E-state index is 11.8. The van der Waals surface area contributed by atoms with Gasteiger partial charge < -0.3 is 14.1 Å². The van der Waals surface area contributed by atoms with Crippen LogP contribution in [0.4, 0.5) is 10.5 Å². The molecule has 7 nitrogen and oxygen atoms in total. The third-order valence-corrected chi connectivity index (χ3v) is 4.32. The number of nitrogens with one attached hydrogen (secondary N) is 1. The fourth-order valence-corrected chi connectivity index (χ4v) is 2.98. The summed E-state index contributed by atoms with van der Waals surface area (Å²) in [5.41, 5.74) is 1.83. The lowest BCUT2D eigenvalue weighted by atomic mass is 9.90. The molecule has 3 rings (SSSR count). The van der Waals surface area contributed by atoms with Crippen LogP contribution in [0.2, 0.25) is 0 Å². The summed E-state index contributed by atoms with van der Waals surface area (Å²) in [6.07, 6.45) is 4.31. The summed E-state index contributed by atoms with van der Waals surface area (Å²) in [5.74, 6) is 0.945. The molecule has 25 heavy (non-hydrogen) atoms. The molecule has 7 heteroatoms. The number of nitrogens with zero attached hydrogens (tertiary/aromatic N) is 2. The highest BCUT2D eigenvalue weighted by atomic mass is 16.6. The number of benzene rings is 1. The number of piperidine rings is 1. The largest absolute Gasteiger partial charge is 0.445 e. The first-order valence-corrected chi connectivity index (χ1v) is 8.28. The maximum atomic E-state index is 11.8. The molecule has 1 fully saturated rings. The highest BCUT2D eigenvalue weighted by molar-refractivity contribution is 5.84. The van der Waals surface area contributed by atoms with Crippen LogP contribution in [0.5, 0.6) is 0 Å². The van der Waals surface area contributed by atoms with E-state index in [1.807, 2.05) is 29.2 Å². The lowest BCUT2D eigenvalue weighted by Crippen LogP contribution is -2.37. The second-order valence-electron chi connectivity index (χ2n) is 6.10. The van der Waals surface area contributed by atoms with Gasteiger partial charge in [-0.05, 0) is 30.5 Å². The number of carbonyl (C=O) groups excluding carboxylic acids is 2. The van der Waals surface area contributed by atoms with E-state index in [1.54, 1.807) is 6.92 Å². The number of aromatic nitrogens is 1. The Morgan fingerprint density at radius 2 is 2.16 bits per heavy atom. The van der Waals surface area contributed by atoms with Crippen LogP contribution in [-0.4, -0.2) is 35.0 Å². The molecular weight excluding hydrogens is 322 g/mol. The van der Waals surface area contributed by atoms with E-state index in [9.17, 15) is 9.59 Å². The fraction of sp³-hybridized carbons (Fsp3) is 0.389. The average Bonchev–Trinajstić information content (AvgIpc) is 3.14. The van der Waals surface area contributed by atoms with Gasteiger partial charge in [0.15, 0.2) is 18.8 Å². The minimum atomic E-state index is -0.551. The Morgan fingerprint density at radius 3 is 2.84 bits per heavy atom. The van der Waals surface area contributed by atoms with Gasteiger partial charge in [-0.1, -0.05) is 12.1 Å². The molecule has 0 unspecified atom stereocenters. The van der Waals surface area contributed by atoms with E-state index in [2.05, 4.69) is 10.3 Å². The lowest BCUT2D eigenvalue weighted by molar-refractivity contribution is -0.130. The number of anilines is 1. The molecule has 1 aromatic heterocycles. The van der Waals surface area contributed by atoms with Crippen molar-refractivity contribution in [3.63, 3.8) is 0 Å². The third-order valence-electron chi connectivity index (χ3n) is 4.32. The summed E-state index contributed by atoms with van der Waals surface area (Å²) in [6.45, 7) is 3.23. The summed E-state index contributed by atoms with van der Waals surface area (Å²) in [7, 11) is 0. The zero-order valence-corrected chi connectivity index (χ0v) is 14.1. The minimum Gasteiger partial charge on any atom is -0.445 e. The van der Waals surface area contributed by atoms with Gasteiger partial charge in [-0.25, -0.2) is 9.78 Å². The van der Waals surface area contributed by atoms with Gasteiger partial charge in [0.05, 0.1) is 6.20 Å². The van der Waals surface area contributed by atoms with Gasteiger partial charge in [0, 0.05) is 31.6 Å². The predicted octanol–water partition coefficient (Wildman–Crippen LogP) is 3.15. The van der Waals surface area contributed by atoms with Crippen LogP contribution in [0.3, 0.4) is 0 Å². The number of hydrogen-bond acceptors (Lipinski definition) is 5. The van der Waals surface area contributed by atoms with E-state index in [4.69, 9.17) is 9.15 Å². The number of amides is 2. The molecular formula is C18H21N3O4. The first-order valence-electron chi connectivity index (χ1n) is 8.28. The summed E-state index contributed by atoms with van der Waals surface area (Å²) in [6, 6.07) is 7.66. The molecule has 0 aliphatic carbocycles. The Kier molecular flexibility index (Phi) is 5.33. The van der Waals surface area contributed by atoms with Gasteiger partial charge in [-0.2, -0.15) is 0 Å². The Balaban J connectivity index is 1.53. The second kappa shape index (κ2) is 7.83. The monoisotopic (exact) mass is 343 g/mol. The number of rotatable bonds is 4. The van der Waals surface area contributed by atoms with E-state index >= 15 is 0 Å². The summed E-state index contributed by atoms with van der Waals surface area (Å²) in [4.78, 5) is 29.0. The highest BCUT2D eigenvalue weighted by Gasteiger charge is 2.22. The molecule has 2 amide bonds. The third kappa shape index (κ3) is 4.59. The molecule has 1 atom stereocenters. The van der Waals surface area contributed by atoms with E-state index in [0.29, 0.717) is 17.4 Å². The number of hydrogen-bond donors (Lipinski definition) is 1.